The molecule has 0 aliphatic heterocycles. The number of hydrazone groups is 1. The van der Waals surface area contributed by atoms with Crippen molar-refractivity contribution in [1.29, 1.82) is 0 Å². The molecule has 1 amide bonds. The summed E-state index contributed by atoms with van der Waals surface area (Å²) >= 11 is 7.25. The van der Waals surface area contributed by atoms with Gasteiger partial charge in [-0.3, -0.25) is 4.79 Å². The maximum Gasteiger partial charge on any atom is 0.453 e. The van der Waals surface area contributed by atoms with E-state index < -0.39 is 18.0 Å². The highest BCUT2D eigenvalue weighted by Gasteiger charge is 2.36. The molecule has 2 rings (SSSR count). The van der Waals surface area contributed by atoms with Crippen molar-refractivity contribution in [2.45, 2.75) is 19.1 Å². The fourth-order valence-corrected chi connectivity index (χ4v) is 2.85. The van der Waals surface area contributed by atoms with E-state index in [1.165, 1.54) is 11.3 Å². The van der Waals surface area contributed by atoms with Gasteiger partial charge in [0.15, 0.2) is 0 Å². The van der Waals surface area contributed by atoms with E-state index in [1.54, 1.807) is 18.4 Å². The van der Waals surface area contributed by atoms with Crippen molar-refractivity contribution < 1.29 is 18.0 Å². The number of hydrogen-bond acceptors (Lipinski definition) is 5. The van der Waals surface area contributed by atoms with Crippen molar-refractivity contribution in [3.63, 3.8) is 0 Å². The molecule has 1 atom stereocenters. The minimum absolute atomic E-state index is 0.269. The van der Waals surface area contributed by atoms with Gasteiger partial charge in [0.05, 0.1) is 15.9 Å². The lowest BCUT2D eigenvalue weighted by Crippen LogP contribution is -2.21. The first-order chi connectivity index (χ1) is 10.3. The fraction of sp³-hybridized carbons (Fsp3) is 0.273. The monoisotopic (exact) mass is 351 g/mol. The molecule has 0 spiro atoms. The number of amides is 1. The predicted octanol–water partition coefficient (Wildman–Crippen LogP) is 2.72. The van der Waals surface area contributed by atoms with E-state index in [-0.39, 0.29) is 5.71 Å². The van der Waals surface area contributed by atoms with Gasteiger partial charge in [0.1, 0.15) is 12.0 Å². The van der Waals surface area contributed by atoms with E-state index in [0.29, 0.717) is 16.3 Å². The van der Waals surface area contributed by atoms with Gasteiger partial charge in [-0.15, -0.1) is 16.4 Å². The van der Waals surface area contributed by atoms with Crippen LogP contribution in [0.15, 0.2) is 22.9 Å². The van der Waals surface area contributed by atoms with Crippen LogP contribution in [-0.4, -0.2) is 26.9 Å². The van der Waals surface area contributed by atoms with Gasteiger partial charge in [0.25, 0.3) is 5.82 Å². The highest BCUT2D eigenvalue weighted by atomic mass is 35.5. The third-order valence-corrected chi connectivity index (χ3v) is 4.01. The van der Waals surface area contributed by atoms with Gasteiger partial charge in [0, 0.05) is 0 Å². The summed E-state index contributed by atoms with van der Waals surface area (Å²) in [7, 11) is 0. The Bertz CT molecular complexity index is 696. The molecule has 2 heterocycles. The van der Waals surface area contributed by atoms with E-state index in [1.807, 2.05) is 0 Å². The third kappa shape index (κ3) is 3.45. The van der Waals surface area contributed by atoms with E-state index >= 15 is 0 Å². The van der Waals surface area contributed by atoms with E-state index in [2.05, 4.69) is 20.6 Å². The van der Waals surface area contributed by atoms with Crippen molar-refractivity contribution in [1.82, 2.24) is 20.2 Å². The van der Waals surface area contributed by atoms with E-state index in [0.717, 1.165) is 11.0 Å². The highest BCUT2D eigenvalue weighted by molar-refractivity contribution is 7.12. The van der Waals surface area contributed by atoms with Crippen LogP contribution in [-0.2, 0) is 11.0 Å². The summed E-state index contributed by atoms with van der Waals surface area (Å²) in [5.74, 6) is -1.25. The molecule has 11 heteroatoms. The van der Waals surface area contributed by atoms with Crippen molar-refractivity contribution in [3.05, 3.63) is 33.5 Å². The number of hydrogen-bond donors (Lipinski definition) is 1. The van der Waals surface area contributed by atoms with Crippen LogP contribution in [0.5, 0.6) is 0 Å². The van der Waals surface area contributed by atoms with Crippen molar-refractivity contribution in [2.75, 3.05) is 0 Å². The molecular weight excluding hydrogens is 343 g/mol. The standard InChI is InChI=1S/C11H9ClF3N5OS/c1-6(20-4-16-10(19-20)11(13,14)15)8(18-17-5-21)9-7(12)2-3-22-9/h2-6H,1H3,(H,17,21). The van der Waals surface area contributed by atoms with Crippen LogP contribution < -0.4 is 5.43 Å². The van der Waals surface area contributed by atoms with Gasteiger partial charge < -0.3 is 0 Å². The number of carbonyl (C=O) groups is 1. The van der Waals surface area contributed by atoms with Crippen LogP contribution in [0.25, 0.3) is 0 Å². The van der Waals surface area contributed by atoms with Gasteiger partial charge in [-0.1, -0.05) is 11.6 Å². The normalized spacial score (nSPS) is 14.0. The first-order valence-electron chi connectivity index (χ1n) is 5.83. The minimum Gasteiger partial charge on any atom is -0.277 e. The first-order valence-corrected chi connectivity index (χ1v) is 7.08. The van der Waals surface area contributed by atoms with Crippen molar-refractivity contribution in [2.24, 2.45) is 5.10 Å². The van der Waals surface area contributed by atoms with Crippen LogP contribution in [0.3, 0.4) is 0 Å². The van der Waals surface area contributed by atoms with Gasteiger partial charge >= 0.3 is 6.18 Å². The Labute approximate surface area is 131 Å². The SMILES string of the molecule is CC(C(=NNC=O)c1sccc1Cl)n1cnc(C(F)(F)F)n1. The molecule has 2 aromatic heterocycles. The zero-order valence-corrected chi connectivity index (χ0v) is 12.6. The number of thiophene rings is 1. The Hall–Kier alpha value is -1.94. The summed E-state index contributed by atoms with van der Waals surface area (Å²) in [6.45, 7) is 1.57. The summed E-state index contributed by atoms with van der Waals surface area (Å²) in [6.07, 6.45) is -3.34. The lowest BCUT2D eigenvalue weighted by molar-refractivity contribution is -0.145. The summed E-state index contributed by atoms with van der Waals surface area (Å²) < 4.78 is 38.7. The van der Waals surface area contributed by atoms with E-state index in [4.69, 9.17) is 11.6 Å². The molecule has 0 fully saturated rings. The highest BCUT2D eigenvalue weighted by Crippen LogP contribution is 2.29. The molecule has 118 valence electrons. The molecule has 0 bridgehead atoms. The average molecular weight is 352 g/mol. The smallest absolute Gasteiger partial charge is 0.277 e. The summed E-state index contributed by atoms with van der Waals surface area (Å²) in [6, 6.07) is 0.903. The van der Waals surface area contributed by atoms with Gasteiger partial charge in [-0.2, -0.15) is 18.3 Å². The molecule has 22 heavy (non-hydrogen) atoms. The largest absolute Gasteiger partial charge is 0.453 e. The summed E-state index contributed by atoms with van der Waals surface area (Å²) in [5, 5.41) is 9.32. The van der Waals surface area contributed by atoms with Crippen LogP contribution >= 0.6 is 22.9 Å². The lowest BCUT2D eigenvalue weighted by Gasteiger charge is -2.14. The molecule has 0 aliphatic rings. The number of halogens is 4. The topological polar surface area (TPSA) is 72.2 Å². The maximum absolute atomic E-state index is 12.6. The number of nitrogens with one attached hydrogen (secondary N) is 1. The molecule has 1 unspecified atom stereocenters. The number of rotatable bonds is 5. The average Bonchev–Trinajstić information content (AvgIpc) is 3.08. The molecule has 0 aromatic carbocycles. The Balaban J connectivity index is 2.38. The van der Waals surface area contributed by atoms with Crippen LogP contribution in [0.4, 0.5) is 13.2 Å². The van der Waals surface area contributed by atoms with Crippen LogP contribution in [0.1, 0.15) is 23.7 Å². The maximum atomic E-state index is 12.6. The Kier molecular flexibility index (Phi) is 4.81. The zero-order chi connectivity index (χ0) is 16.3. The second kappa shape index (κ2) is 6.44. The Morgan fingerprint density at radius 3 is 2.82 bits per heavy atom. The number of nitrogens with zero attached hydrogens (tertiary/aromatic N) is 4. The minimum atomic E-state index is -4.64. The van der Waals surface area contributed by atoms with Gasteiger partial charge in [0.2, 0.25) is 6.41 Å². The molecule has 0 saturated heterocycles. The number of alkyl halides is 3. The molecule has 2 aromatic rings. The Morgan fingerprint density at radius 2 is 2.32 bits per heavy atom. The number of aromatic nitrogens is 3. The molecule has 1 N–H and O–H groups in total. The summed E-state index contributed by atoms with van der Waals surface area (Å²) in [5.41, 5.74) is 2.39. The quantitative estimate of drug-likeness (QED) is 0.511. The third-order valence-electron chi connectivity index (χ3n) is 2.64. The predicted molar refractivity (Wildman–Crippen MR) is 74.8 cm³/mol. The molecule has 0 aliphatic carbocycles. The summed E-state index contributed by atoms with van der Waals surface area (Å²) in [4.78, 5) is 14.2. The van der Waals surface area contributed by atoms with Crippen molar-refractivity contribution in [3.8, 4) is 0 Å². The Morgan fingerprint density at radius 1 is 1.59 bits per heavy atom. The second-order valence-electron chi connectivity index (χ2n) is 4.06. The van der Waals surface area contributed by atoms with Crippen molar-refractivity contribution >= 4 is 35.1 Å². The number of carbonyl (C=O) groups excluding carboxylic acids is 1. The first kappa shape index (κ1) is 16.4. The van der Waals surface area contributed by atoms with Crippen LogP contribution in [0, 0.1) is 0 Å². The van der Waals surface area contributed by atoms with Crippen LogP contribution in [0.2, 0.25) is 5.02 Å². The molecular formula is C11H9ClF3N5OS. The fourth-order valence-electron chi connectivity index (χ4n) is 1.62. The van der Waals surface area contributed by atoms with Gasteiger partial charge in [-0.05, 0) is 18.4 Å². The lowest BCUT2D eigenvalue weighted by atomic mass is 10.2. The zero-order valence-electron chi connectivity index (χ0n) is 11.0. The second-order valence-corrected chi connectivity index (χ2v) is 5.39. The van der Waals surface area contributed by atoms with E-state index in [9.17, 15) is 18.0 Å². The van der Waals surface area contributed by atoms with Gasteiger partial charge in [-0.25, -0.2) is 15.1 Å². The molecule has 0 saturated carbocycles. The molecule has 6 nitrogen and oxygen atoms in total. The molecule has 0 radical (unpaired) electrons.